The van der Waals surface area contributed by atoms with Crippen molar-refractivity contribution in [2.45, 2.75) is 6.92 Å². The molecular weight excluding hydrogens is 274 g/mol. The molecule has 0 saturated heterocycles. The van der Waals surface area contributed by atoms with Gasteiger partial charge in [0.05, 0.1) is 5.69 Å². The minimum Gasteiger partial charge on any atom is -0.354 e. The molecule has 0 amide bonds. The number of hydrogen-bond acceptors (Lipinski definition) is 2. The number of pyridine rings is 1. The highest BCUT2D eigenvalue weighted by atomic mass is 16.1. The minimum absolute atomic E-state index is 0.110. The summed E-state index contributed by atoms with van der Waals surface area (Å²) in [5.41, 5.74) is 4.52. The number of aromatic nitrogens is 2. The van der Waals surface area contributed by atoms with Gasteiger partial charge in [0, 0.05) is 28.2 Å². The van der Waals surface area contributed by atoms with Crippen molar-refractivity contribution in [3.63, 3.8) is 0 Å². The van der Waals surface area contributed by atoms with Crippen molar-refractivity contribution in [1.82, 2.24) is 9.97 Å². The van der Waals surface area contributed by atoms with Crippen LogP contribution in [0.3, 0.4) is 0 Å². The van der Waals surface area contributed by atoms with Crippen LogP contribution in [0.1, 0.15) is 5.56 Å². The summed E-state index contributed by atoms with van der Waals surface area (Å²) in [5, 5.41) is 5.36. The van der Waals surface area contributed by atoms with E-state index in [0.717, 1.165) is 27.7 Å². The lowest BCUT2D eigenvalue weighted by atomic mass is 10.1. The van der Waals surface area contributed by atoms with Crippen molar-refractivity contribution in [3.8, 4) is 0 Å². The van der Waals surface area contributed by atoms with Crippen LogP contribution >= 0.6 is 0 Å². The van der Waals surface area contributed by atoms with Crippen molar-refractivity contribution < 1.29 is 0 Å². The fraction of sp³-hybridized carbons (Fsp3) is 0.0556. The number of para-hydroxylation sites is 1. The van der Waals surface area contributed by atoms with E-state index in [1.165, 1.54) is 5.56 Å². The van der Waals surface area contributed by atoms with Gasteiger partial charge in [-0.3, -0.25) is 4.79 Å². The van der Waals surface area contributed by atoms with Crippen LogP contribution in [0.4, 0.5) is 11.4 Å². The third kappa shape index (κ3) is 1.97. The van der Waals surface area contributed by atoms with Gasteiger partial charge in [0.25, 0.3) is 5.56 Å². The van der Waals surface area contributed by atoms with Gasteiger partial charge in [0.1, 0.15) is 5.52 Å². The van der Waals surface area contributed by atoms with Crippen LogP contribution in [-0.2, 0) is 0 Å². The molecule has 108 valence electrons. The number of anilines is 2. The van der Waals surface area contributed by atoms with Gasteiger partial charge in [-0.1, -0.05) is 30.3 Å². The molecule has 4 heteroatoms. The van der Waals surface area contributed by atoms with E-state index in [0.29, 0.717) is 5.52 Å². The van der Waals surface area contributed by atoms with Crippen molar-refractivity contribution in [1.29, 1.82) is 0 Å². The van der Waals surface area contributed by atoms with Gasteiger partial charge in [-0.15, -0.1) is 0 Å². The minimum atomic E-state index is -0.110. The van der Waals surface area contributed by atoms with Gasteiger partial charge >= 0.3 is 0 Å². The fourth-order valence-electron chi connectivity index (χ4n) is 2.85. The monoisotopic (exact) mass is 289 g/mol. The van der Waals surface area contributed by atoms with E-state index in [-0.39, 0.29) is 5.56 Å². The normalized spacial score (nSPS) is 11.1. The summed E-state index contributed by atoms with van der Waals surface area (Å²) in [6.45, 7) is 2.05. The SMILES string of the molecule is Cc1cccc(Nc2c[nH]c(=O)c3[nH]c4ccccc4c23)c1. The number of rotatable bonds is 2. The van der Waals surface area contributed by atoms with Crippen molar-refractivity contribution in [2.24, 2.45) is 0 Å². The lowest BCUT2D eigenvalue weighted by Crippen LogP contribution is -2.06. The molecule has 4 aromatic rings. The number of hydrogen-bond donors (Lipinski definition) is 3. The van der Waals surface area contributed by atoms with Crippen molar-refractivity contribution in [2.75, 3.05) is 5.32 Å². The average Bonchev–Trinajstić information content (AvgIpc) is 2.91. The Morgan fingerprint density at radius 2 is 1.91 bits per heavy atom. The zero-order chi connectivity index (χ0) is 15.1. The molecular formula is C18H15N3O. The highest BCUT2D eigenvalue weighted by Gasteiger charge is 2.11. The smallest absolute Gasteiger partial charge is 0.272 e. The molecule has 0 bridgehead atoms. The first-order valence-electron chi connectivity index (χ1n) is 7.18. The van der Waals surface area contributed by atoms with Crippen molar-refractivity contribution >= 4 is 33.2 Å². The van der Waals surface area contributed by atoms with E-state index < -0.39 is 0 Å². The summed E-state index contributed by atoms with van der Waals surface area (Å²) < 4.78 is 0. The Balaban J connectivity index is 1.98. The lowest BCUT2D eigenvalue weighted by Gasteiger charge is -2.08. The summed E-state index contributed by atoms with van der Waals surface area (Å²) in [6, 6.07) is 16.1. The summed E-state index contributed by atoms with van der Waals surface area (Å²) in [5.74, 6) is 0. The average molecular weight is 289 g/mol. The summed E-state index contributed by atoms with van der Waals surface area (Å²) in [6.07, 6.45) is 1.73. The van der Waals surface area contributed by atoms with Crippen molar-refractivity contribution in [3.05, 3.63) is 70.6 Å². The molecule has 0 aliphatic carbocycles. The van der Waals surface area contributed by atoms with Crippen LogP contribution in [0, 0.1) is 6.92 Å². The largest absolute Gasteiger partial charge is 0.354 e. The van der Waals surface area contributed by atoms with Crippen LogP contribution in [0.25, 0.3) is 21.8 Å². The highest BCUT2D eigenvalue weighted by Crippen LogP contribution is 2.30. The highest BCUT2D eigenvalue weighted by molar-refractivity contribution is 6.13. The maximum Gasteiger partial charge on any atom is 0.272 e. The van der Waals surface area contributed by atoms with Crippen LogP contribution in [0.5, 0.6) is 0 Å². The summed E-state index contributed by atoms with van der Waals surface area (Å²) in [4.78, 5) is 18.1. The molecule has 3 N–H and O–H groups in total. The third-order valence-corrected chi connectivity index (χ3v) is 3.85. The lowest BCUT2D eigenvalue weighted by molar-refractivity contribution is 1.26. The van der Waals surface area contributed by atoms with E-state index in [1.807, 2.05) is 36.4 Å². The number of aryl methyl sites for hydroxylation is 1. The molecule has 0 spiro atoms. The van der Waals surface area contributed by atoms with Gasteiger partial charge in [-0.25, -0.2) is 0 Å². The standard InChI is InChI=1S/C18H15N3O/c1-11-5-4-6-12(9-11)20-15-10-19-18(22)17-16(15)13-7-2-3-8-14(13)21-17/h2-10,20-21H,1H3,(H,19,22). The predicted octanol–water partition coefficient (Wildman–Crippen LogP) is 4.06. The van der Waals surface area contributed by atoms with E-state index in [1.54, 1.807) is 6.20 Å². The second kappa shape index (κ2) is 4.77. The number of H-pyrrole nitrogens is 2. The number of aromatic amines is 2. The summed E-state index contributed by atoms with van der Waals surface area (Å²) in [7, 11) is 0. The molecule has 2 heterocycles. The number of fused-ring (bicyclic) bond motifs is 3. The Morgan fingerprint density at radius 3 is 2.77 bits per heavy atom. The zero-order valence-corrected chi connectivity index (χ0v) is 12.1. The van der Waals surface area contributed by atoms with E-state index >= 15 is 0 Å². The molecule has 0 unspecified atom stereocenters. The van der Waals surface area contributed by atoms with E-state index in [2.05, 4.69) is 34.3 Å². The van der Waals surface area contributed by atoms with Crippen LogP contribution in [-0.4, -0.2) is 9.97 Å². The maximum atomic E-state index is 12.1. The molecule has 4 nitrogen and oxygen atoms in total. The Kier molecular flexibility index (Phi) is 2.76. The predicted molar refractivity (Wildman–Crippen MR) is 90.9 cm³/mol. The second-order valence-electron chi connectivity index (χ2n) is 5.45. The maximum absolute atomic E-state index is 12.1. The zero-order valence-electron chi connectivity index (χ0n) is 12.1. The first-order chi connectivity index (χ1) is 10.7. The first kappa shape index (κ1) is 12.7. The molecule has 0 atom stereocenters. The summed E-state index contributed by atoms with van der Waals surface area (Å²) >= 11 is 0. The van der Waals surface area contributed by atoms with Gasteiger partial charge in [-0.2, -0.15) is 0 Å². The van der Waals surface area contributed by atoms with Crippen LogP contribution in [0.15, 0.2) is 59.5 Å². The first-order valence-corrected chi connectivity index (χ1v) is 7.18. The van der Waals surface area contributed by atoms with Gasteiger partial charge in [0.2, 0.25) is 0 Å². The molecule has 4 rings (SSSR count). The van der Waals surface area contributed by atoms with Gasteiger partial charge in [0.15, 0.2) is 0 Å². The van der Waals surface area contributed by atoms with E-state index in [4.69, 9.17) is 0 Å². The topological polar surface area (TPSA) is 60.7 Å². The third-order valence-electron chi connectivity index (χ3n) is 3.85. The number of benzene rings is 2. The Morgan fingerprint density at radius 1 is 1.05 bits per heavy atom. The Hall–Kier alpha value is -3.01. The molecule has 0 saturated carbocycles. The molecule has 0 radical (unpaired) electrons. The molecule has 2 aromatic carbocycles. The van der Waals surface area contributed by atoms with Crippen LogP contribution < -0.4 is 10.9 Å². The molecule has 2 aromatic heterocycles. The Labute approximate surface area is 126 Å². The molecule has 0 fully saturated rings. The van der Waals surface area contributed by atoms with Gasteiger partial charge in [-0.05, 0) is 30.7 Å². The van der Waals surface area contributed by atoms with Gasteiger partial charge < -0.3 is 15.3 Å². The molecule has 22 heavy (non-hydrogen) atoms. The second-order valence-corrected chi connectivity index (χ2v) is 5.45. The fourth-order valence-corrected chi connectivity index (χ4v) is 2.85. The molecule has 0 aliphatic heterocycles. The quantitative estimate of drug-likeness (QED) is 0.521. The number of nitrogens with one attached hydrogen (secondary N) is 3. The Bertz CT molecular complexity index is 1040. The van der Waals surface area contributed by atoms with Crippen LogP contribution in [0.2, 0.25) is 0 Å². The van der Waals surface area contributed by atoms with E-state index in [9.17, 15) is 4.79 Å². The molecule has 0 aliphatic rings.